The molecule has 3 heterocycles. The van der Waals surface area contributed by atoms with E-state index in [0.29, 0.717) is 11.2 Å². The summed E-state index contributed by atoms with van der Waals surface area (Å²) in [5.41, 5.74) is 4.58. The van der Waals surface area contributed by atoms with E-state index in [1.807, 2.05) is 25.1 Å². The molecule has 1 N–H and O–H groups in total. The highest BCUT2D eigenvalue weighted by atomic mass is 35.5. The second-order valence-electron chi connectivity index (χ2n) is 6.67. The lowest BCUT2D eigenvalue weighted by Crippen LogP contribution is -2.12. The molecular weight excluding hydrogens is 442 g/mol. The molecule has 0 unspecified atom stereocenters. The van der Waals surface area contributed by atoms with Gasteiger partial charge in [0.05, 0.1) is 26.0 Å². The lowest BCUT2D eigenvalue weighted by atomic mass is 10.2. The molecule has 0 saturated heterocycles. The Kier molecular flexibility index (Phi) is 4.46. The molecule has 5 rings (SSSR count). The van der Waals surface area contributed by atoms with E-state index in [0.717, 1.165) is 25.4 Å². The van der Waals surface area contributed by atoms with Gasteiger partial charge in [-0.15, -0.1) is 11.3 Å². The minimum absolute atomic E-state index is 0.0567. The molecule has 0 saturated carbocycles. The number of anilines is 2. The van der Waals surface area contributed by atoms with Gasteiger partial charge >= 0.3 is 0 Å². The van der Waals surface area contributed by atoms with Crippen LogP contribution in [0.1, 0.15) is 5.56 Å². The Balaban J connectivity index is 1.61. The highest BCUT2D eigenvalue weighted by Crippen LogP contribution is 2.30. The molecule has 3 aromatic heterocycles. The standard InChI is InChI=1S/C20H14ClN5O2S2/c1-12-2-5-14(6-3-12)30(27,28)26-9-8-15-18(24-20(21)25-19(15)26)23-13-4-7-17-16(10-13)22-11-29-17/h2-11H,1H3,(H,23,24,25). The van der Waals surface area contributed by atoms with Crippen molar-refractivity contribution in [3.63, 3.8) is 0 Å². The van der Waals surface area contributed by atoms with Crippen molar-refractivity contribution in [3.05, 3.63) is 71.1 Å². The van der Waals surface area contributed by atoms with Gasteiger partial charge in [-0.3, -0.25) is 0 Å². The Morgan fingerprint density at radius 2 is 1.87 bits per heavy atom. The van der Waals surface area contributed by atoms with E-state index in [2.05, 4.69) is 20.3 Å². The highest BCUT2D eigenvalue weighted by Gasteiger charge is 2.22. The van der Waals surface area contributed by atoms with Gasteiger partial charge in [0.25, 0.3) is 10.0 Å². The predicted molar refractivity (Wildman–Crippen MR) is 119 cm³/mol. The van der Waals surface area contributed by atoms with Crippen LogP contribution in [0.25, 0.3) is 21.3 Å². The van der Waals surface area contributed by atoms with Crippen molar-refractivity contribution < 1.29 is 8.42 Å². The summed E-state index contributed by atoms with van der Waals surface area (Å²) in [6.07, 6.45) is 1.46. The Hall–Kier alpha value is -3.01. The summed E-state index contributed by atoms with van der Waals surface area (Å²) in [6, 6.07) is 14.1. The van der Waals surface area contributed by atoms with Gasteiger partial charge in [0.15, 0.2) is 5.65 Å². The van der Waals surface area contributed by atoms with Crippen LogP contribution in [0.15, 0.2) is 65.1 Å². The van der Waals surface area contributed by atoms with Crippen LogP contribution < -0.4 is 5.32 Å². The average molecular weight is 456 g/mol. The molecule has 0 fully saturated rings. The topological polar surface area (TPSA) is 89.8 Å². The van der Waals surface area contributed by atoms with Gasteiger partial charge in [0.1, 0.15) is 5.82 Å². The van der Waals surface area contributed by atoms with Crippen LogP contribution in [0.3, 0.4) is 0 Å². The monoisotopic (exact) mass is 455 g/mol. The molecule has 0 atom stereocenters. The van der Waals surface area contributed by atoms with Crippen molar-refractivity contribution in [1.82, 2.24) is 18.9 Å². The van der Waals surface area contributed by atoms with E-state index in [9.17, 15) is 8.42 Å². The van der Waals surface area contributed by atoms with Gasteiger partial charge in [0, 0.05) is 11.9 Å². The number of benzene rings is 2. The molecule has 0 aliphatic carbocycles. The first kappa shape index (κ1) is 19.0. The van der Waals surface area contributed by atoms with Gasteiger partial charge in [-0.2, -0.15) is 9.97 Å². The fourth-order valence-electron chi connectivity index (χ4n) is 3.15. The number of fused-ring (bicyclic) bond motifs is 2. The summed E-state index contributed by atoms with van der Waals surface area (Å²) in [5.74, 6) is 0.414. The minimum atomic E-state index is -3.84. The number of hydrogen-bond donors (Lipinski definition) is 1. The molecule has 2 aromatic carbocycles. The van der Waals surface area contributed by atoms with Gasteiger partial charge in [-0.1, -0.05) is 17.7 Å². The maximum absolute atomic E-state index is 13.1. The lowest BCUT2D eigenvalue weighted by Gasteiger charge is -2.10. The maximum atomic E-state index is 13.1. The molecule has 0 aliphatic heterocycles. The van der Waals surface area contributed by atoms with Crippen LogP contribution in [0, 0.1) is 6.92 Å². The second-order valence-corrected chi connectivity index (χ2v) is 9.71. The van der Waals surface area contributed by atoms with Crippen molar-refractivity contribution in [2.24, 2.45) is 0 Å². The van der Waals surface area contributed by atoms with Crippen LogP contribution in [-0.4, -0.2) is 27.3 Å². The molecule has 150 valence electrons. The fourth-order valence-corrected chi connectivity index (χ4v) is 5.27. The van der Waals surface area contributed by atoms with Crippen molar-refractivity contribution in [3.8, 4) is 0 Å². The number of rotatable bonds is 4. The molecule has 0 bridgehead atoms. The average Bonchev–Trinajstić information content (AvgIpc) is 3.35. The van der Waals surface area contributed by atoms with Crippen LogP contribution in [0.2, 0.25) is 5.28 Å². The first-order chi connectivity index (χ1) is 14.4. The smallest absolute Gasteiger partial charge is 0.269 e. The summed E-state index contributed by atoms with van der Waals surface area (Å²) < 4.78 is 28.5. The summed E-state index contributed by atoms with van der Waals surface area (Å²) in [5, 5.41) is 3.68. The van der Waals surface area contributed by atoms with Crippen LogP contribution >= 0.6 is 22.9 Å². The lowest BCUT2D eigenvalue weighted by molar-refractivity contribution is 0.588. The molecule has 30 heavy (non-hydrogen) atoms. The van der Waals surface area contributed by atoms with E-state index in [1.165, 1.54) is 6.20 Å². The molecule has 10 heteroatoms. The van der Waals surface area contributed by atoms with Crippen molar-refractivity contribution in [2.75, 3.05) is 5.32 Å². The number of nitrogens with zero attached hydrogens (tertiary/aromatic N) is 4. The normalized spacial score (nSPS) is 11.9. The van der Waals surface area contributed by atoms with Crippen molar-refractivity contribution >= 4 is 65.7 Å². The largest absolute Gasteiger partial charge is 0.339 e. The molecular formula is C20H14ClN5O2S2. The van der Waals surface area contributed by atoms with Crippen LogP contribution in [0.5, 0.6) is 0 Å². The third-order valence-corrected chi connectivity index (χ3v) is 7.31. The van der Waals surface area contributed by atoms with Gasteiger partial charge in [-0.05, 0) is 54.9 Å². The third kappa shape index (κ3) is 3.20. The summed E-state index contributed by atoms with van der Waals surface area (Å²) in [7, 11) is -3.84. The molecule has 7 nitrogen and oxygen atoms in total. The van der Waals surface area contributed by atoms with Crippen LogP contribution in [-0.2, 0) is 10.0 Å². The quantitative estimate of drug-likeness (QED) is 0.384. The first-order valence-corrected chi connectivity index (χ1v) is 11.6. The number of thiazole rings is 1. The second kappa shape index (κ2) is 7.05. The van der Waals surface area contributed by atoms with Crippen LogP contribution in [0.4, 0.5) is 11.5 Å². The molecule has 5 aromatic rings. The summed E-state index contributed by atoms with van der Waals surface area (Å²) >= 11 is 7.69. The Morgan fingerprint density at radius 3 is 2.67 bits per heavy atom. The zero-order chi connectivity index (χ0) is 20.9. The SMILES string of the molecule is Cc1ccc(S(=O)(=O)n2ccc3c(Nc4ccc5scnc5c4)nc(Cl)nc32)cc1. The van der Waals surface area contributed by atoms with Crippen molar-refractivity contribution in [1.29, 1.82) is 0 Å². The zero-order valence-electron chi connectivity index (χ0n) is 15.6. The predicted octanol–water partition coefficient (Wildman–Crippen LogP) is 4.98. The molecule has 0 amide bonds. The highest BCUT2D eigenvalue weighted by molar-refractivity contribution is 7.90. The Morgan fingerprint density at radius 1 is 1.07 bits per heavy atom. The molecule has 0 radical (unpaired) electrons. The van der Waals surface area contributed by atoms with E-state index >= 15 is 0 Å². The van der Waals surface area contributed by atoms with E-state index in [1.54, 1.807) is 47.2 Å². The first-order valence-electron chi connectivity index (χ1n) is 8.89. The Bertz CT molecular complexity index is 1510. The zero-order valence-corrected chi connectivity index (χ0v) is 18.0. The number of aromatic nitrogens is 4. The van der Waals surface area contributed by atoms with E-state index in [4.69, 9.17) is 11.6 Å². The van der Waals surface area contributed by atoms with Gasteiger partial charge in [0.2, 0.25) is 5.28 Å². The number of hydrogen-bond acceptors (Lipinski definition) is 7. The molecule has 0 spiro atoms. The minimum Gasteiger partial charge on any atom is -0.339 e. The van der Waals surface area contributed by atoms with Crippen molar-refractivity contribution in [2.45, 2.75) is 11.8 Å². The fraction of sp³-hybridized carbons (Fsp3) is 0.0500. The molecule has 0 aliphatic rings. The summed E-state index contributed by atoms with van der Waals surface area (Å²) in [4.78, 5) is 12.9. The maximum Gasteiger partial charge on any atom is 0.269 e. The van der Waals surface area contributed by atoms with Gasteiger partial charge in [-0.25, -0.2) is 17.4 Å². The van der Waals surface area contributed by atoms with E-state index < -0.39 is 10.0 Å². The summed E-state index contributed by atoms with van der Waals surface area (Å²) in [6.45, 7) is 1.90. The Labute approximate surface area is 181 Å². The van der Waals surface area contributed by atoms with Gasteiger partial charge < -0.3 is 5.32 Å². The third-order valence-electron chi connectivity index (χ3n) is 4.65. The number of aryl methyl sites for hydroxylation is 1. The van der Waals surface area contributed by atoms with E-state index in [-0.39, 0.29) is 15.8 Å². The number of halogens is 1. The number of nitrogens with one attached hydrogen (secondary N) is 1.